The normalized spacial score (nSPS) is 37.8. The average Bonchev–Trinajstić information content (AvgIpc) is 2.96. The van der Waals surface area contributed by atoms with E-state index in [2.05, 4.69) is 17.2 Å². The van der Waals surface area contributed by atoms with Crippen LogP contribution in [-0.2, 0) is 9.53 Å². The summed E-state index contributed by atoms with van der Waals surface area (Å²) < 4.78 is 5.87. The first kappa shape index (κ1) is 19.0. The molecular formula is C20H32N2O2S. The number of rotatable bonds is 6. The summed E-state index contributed by atoms with van der Waals surface area (Å²) in [4.78, 5) is 14.6. The molecular weight excluding hydrogens is 332 g/mol. The summed E-state index contributed by atoms with van der Waals surface area (Å²) in [7, 11) is 0. The number of nitriles is 1. The summed E-state index contributed by atoms with van der Waals surface area (Å²) in [6.07, 6.45) is 12.1. The summed E-state index contributed by atoms with van der Waals surface area (Å²) in [5.74, 6) is 1.29. The molecule has 3 fully saturated rings. The minimum atomic E-state index is -0.122. The third-order valence-corrected chi connectivity index (χ3v) is 7.46. The lowest BCUT2D eigenvalue weighted by Gasteiger charge is -2.58. The van der Waals surface area contributed by atoms with Crippen molar-refractivity contribution >= 4 is 17.7 Å². The first-order valence-electron chi connectivity index (χ1n) is 10.1. The second-order valence-electron chi connectivity index (χ2n) is 8.14. The molecule has 0 bridgehead atoms. The summed E-state index contributed by atoms with van der Waals surface area (Å²) in [5, 5.41) is 11.3. The second-order valence-corrected chi connectivity index (χ2v) is 8.94. The number of piperidine rings is 1. The monoisotopic (exact) mass is 364 g/mol. The lowest BCUT2D eigenvalue weighted by molar-refractivity contribution is -0.169. The van der Waals surface area contributed by atoms with Crippen molar-refractivity contribution in [3.05, 3.63) is 0 Å². The molecule has 0 amide bonds. The van der Waals surface area contributed by atoms with Crippen LogP contribution < -0.4 is 0 Å². The Morgan fingerprint density at radius 2 is 2.16 bits per heavy atom. The predicted octanol–water partition coefficient (Wildman–Crippen LogP) is 4.49. The molecule has 140 valence electrons. The summed E-state index contributed by atoms with van der Waals surface area (Å²) in [6.45, 7) is 3.81. The zero-order chi connectivity index (χ0) is 17.9. The van der Waals surface area contributed by atoms with Crippen LogP contribution >= 0.6 is 11.8 Å². The fraction of sp³-hybridized carbons (Fsp3) is 0.900. The van der Waals surface area contributed by atoms with Crippen LogP contribution in [0.2, 0.25) is 0 Å². The Bertz CT molecular complexity index is 520. The van der Waals surface area contributed by atoms with Gasteiger partial charge in [0.1, 0.15) is 11.5 Å². The average molecular weight is 365 g/mol. The molecule has 1 spiro atoms. The molecule has 2 aliphatic heterocycles. The van der Waals surface area contributed by atoms with Gasteiger partial charge in [-0.1, -0.05) is 32.6 Å². The molecule has 25 heavy (non-hydrogen) atoms. The lowest BCUT2D eigenvalue weighted by Crippen LogP contribution is -2.65. The maximum Gasteiger partial charge on any atom is 0.302 e. The molecule has 3 rings (SSSR count). The van der Waals surface area contributed by atoms with Gasteiger partial charge in [-0.3, -0.25) is 9.69 Å². The highest BCUT2D eigenvalue weighted by Crippen LogP contribution is 2.55. The molecule has 1 aliphatic carbocycles. The van der Waals surface area contributed by atoms with Crippen LogP contribution in [0, 0.1) is 16.6 Å². The Balaban J connectivity index is 1.89. The summed E-state index contributed by atoms with van der Waals surface area (Å²) in [6, 6.07) is 1.02. The molecule has 5 atom stereocenters. The zero-order valence-corrected chi connectivity index (χ0v) is 16.5. The van der Waals surface area contributed by atoms with Gasteiger partial charge in [-0.25, -0.2) is 0 Å². The highest BCUT2D eigenvalue weighted by atomic mass is 32.2. The van der Waals surface area contributed by atoms with Crippen LogP contribution in [0.25, 0.3) is 0 Å². The van der Waals surface area contributed by atoms with Crippen molar-refractivity contribution in [1.29, 1.82) is 5.26 Å². The predicted molar refractivity (Wildman–Crippen MR) is 101 cm³/mol. The van der Waals surface area contributed by atoms with Gasteiger partial charge < -0.3 is 4.74 Å². The Morgan fingerprint density at radius 3 is 2.88 bits per heavy atom. The molecule has 0 aromatic rings. The van der Waals surface area contributed by atoms with E-state index in [4.69, 9.17) is 10.00 Å². The van der Waals surface area contributed by atoms with Crippen LogP contribution in [-0.4, -0.2) is 40.3 Å². The lowest BCUT2D eigenvalue weighted by atomic mass is 9.64. The number of nitrogens with zero attached hydrogens (tertiary/aromatic N) is 2. The van der Waals surface area contributed by atoms with Crippen LogP contribution in [0.1, 0.15) is 78.1 Å². The third-order valence-electron chi connectivity index (χ3n) is 6.78. The minimum Gasteiger partial charge on any atom is -0.462 e. The largest absolute Gasteiger partial charge is 0.462 e. The Kier molecular flexibility index (Phi) is 6.33. The van der Waals surface area contributed by atoms with Gasteiger partial charge in [0.25, 0.3) is 0 Å². The number of hydrogen-bond donors (Lipinski definition) is 0. The van der Waals surface area contributed by atoms with E-state index >= 15 is 0 Å². The van der Waals surface area contributed by atoms with E-state index in [1.807, 2.05) is 0 Å². The van der Waals surface area contributed by atoms with Crippen molar-refractivity contribution in [2.45, 2.75) is 102 Å². The summed E-state index contributed by atoms with van der Waals surface area (Å²) in [5.41, 5.74) is 0.218. The molecule has 0 aromatic carbocycles. The molecule has 0 radical (unpaired) electrons. The number of carbonyl (C=O) groups is 1. The van der Waals surface area contributed by atoms with Gasteiger partial charge in [0.05, 0.1) is 0 Å². The number of ether oxygens (including phenoxy) is 1. The second kappa shape index (κ2) is 8.31. The number of esters is 1. The van der Waals surface area contributed by atoms with Crippen LogP contribution in [0.3, 0.4) is 0 Å². The number of carbonyl (C=O) groups excluding carboxylic acids is 1. The summed E-state index contributed by atoms with van der Waals surface area (Å²) >= 11 is 1.41. The van der Waals surface area contributed by atoms with Gasteiger partial charge >= 0.3 is 5.97 Å². The minimum absolute atomic E-state index is 0.0956. The highest BCUT2D eigenvalue weighted by molar-refractivity contribution is 8.03. The molecule has 4 nitrogen and oxygen atoms in total. The maximum absolute atomic E-state index is 11.7. The van der Waals surface area contributed by atoms with Crippen molar-refractivity contribution in [2.75, 3.05) is 5.75 Å². The number of unbranched alkanes of at least 4 members (excludes halogenated alkanes) is 1. The van der Waals surface area contributed by atoms with E-state index in [0.717, 1.165) is 12.2 Å². The van der Waals surface area contributed by atoms with E-state index in [1.54, 1.807) is 6.92 Å². The molecule has 2 heterocycles. The number of thioether (sulfide) groups is 1. The fourth-order valence-corrected chi connectivity index (χ4v) is 6.60. The molecule has 5 unspecified atom stereocenters. The highest BCUT2D eigenvalue weighted by Gasteiger charge is 2.59. The van der Waals surface area contributed by atoms with Crippen LogP contribution in [0.5, 0.6) is 0 Å². The van der Waals surface area contributed by atoms with Crippen molar-refractivity contribution < 1.29 is 9.53 Å². The molecule has 2 saturated heterocycles. The van der Waals surface area contributed by atoms with Crippen LogP contribution in [0.15, 0.2) is 0 Å². The Morgan fingerprint density at radius 1 is 1.32 bits per heavy atom. The fourth-order valence-electron chi connectivity index (χ4n) is 6.01. The van der Waals surface area contributed by atoms with Gasteiger partial charge in [0.2, 0.25) is 0 Å². The smallest absolute Gasteiger partial charge is 0.302 e. The Hall–Kier alpha value is -0.730. The van der Waals surface area contributed by atoms with Gasteiger partial charge in [0.15, 0.2) is 0 Å². The van der Waals surface area contributed by atoms with Gasteiger partial charge in [-0.05, 0) is 43.9 Å². The van der Waals surface area contributed by atoms with E-state index in [0.29, 0.717) is 18.0 Å². The quantitative estimate of drug-likeness (QED) is 0.513. The standard InChI is InChI=1S/C20H32N2O2S/c1-3-4-7-16-12-19(24-15(2)23)18-8-5-6-10-20(18)11-9-17(22(16)20)13-25-14-21/h16-19H,3-13H2,1-2H3. The van der Waals surface area contributed by atoms with Crippen molar-refractivity contribution in [2.24, 2.45) is 5.92 Å². The number of thiocyanates is 1. The molecule has 0 aromatic heterocycles. The van der Waals surface area contributed by atoms with E-state index in [-0.39, 0.29) is 17.6 Å². The van der Waals surface area contributed by atoms with E-state index in [9.17, 15) is 4.79 Å². The zero-order valence-electron chi connectivity index (χ0n) is 15.7. The first-order chi connectivity index (χ1) is 12.1. The van der Waals surface area contributed by atoms with Crippen molar-refractivity contribution in [3.63, 3.8) is 0 Å². The van der Waals surface area contributed by atoms with Crippen LogP contribution in [0.4, 0.5) is 0 Å². The molecule has 5 heteroatoms. The van der Waals surface area contributed by atoms with Crippen molar-refractivity contribution in [1.82, 2.24) is 4.90 Å². The van der Waals surface area contributed by atoms with E-state index in [1.165, 1.54) is 69.5 Å². The maximum atomic E-state index is 11.7. The topological polar surface area (TPSA) is 53.3 Å². The molecule has 0 N–H and O–H groups in total. The van der Waals surface area contributed by atoms with Gasteiger partial charge in [0, 0.05) is 42.6 Å². The van der Waals surface area contributed by atoms with Gasteiger partial charge in [-0.15, -0.1) is 0 Å². The molecule has 3 aliphatic rings. The van der Waals surface area contributed by atoms with E-state index < -0.39 is 0 Å². The van der Waals surface area contributed by atoms with Crippen molar-refractivity contribution in [3.8, 4) is 5.40 Å². The first-order valence-corrected chi connectivity index (χ1v) is 11.1. The number of hydrogen-bond acceptors (Lipinski definition) is 5. The van der Waals surface area contributed by atoms with Gasteiger partial charge in [-0.2, -0.15) is 5.26 Å². The SMILES string of the molecule is CCCCC1CC(OC(C)=O)C2CCCCC23CCC(CSC#N)N13. The molecule has 1 saturated carbocycles. The Labute approximate surface area is 156 Å². The third kappa shape index (κ3) is 3.71.